The molecule has 0 spiro atoms. The highest BCUT2D eigenvalue weighted by Gasteiger charge is 2.33. The van der Waals surface area contributed by atoms with Gasteiger partial charge in [0.1, 0.15) is 17.7 Å². The molecule has 2 aromatic rings. The fourth-order valence-electron chi connectivity index (χ4n) is 2.49. The first-order chi connectivity index (χ1) is 9.97. The molecule has 2 heterocycles. The minimum Gasteiger partial charge on any atom is -0.478 e. The normalized spacial score (nSPS) is 17.4. The highest BCUT2D eigenvalue weighted by atomic mass is 19.1. The van der Waals surface area contributed by atoms with E-state index >= 15 is 0 Å². The Morgan fingerprint density at radius 2 is 2.00 bits per heavy atom. The third-order valence-corrected chi connectivity index (χ3v) is 3.37. The number of carbonyl (C=O) groups is 1. The van der Waals surface area contributed by atoms with Gasteiger partial charge in [0.2, 0.25) is 5.95 Å². The molecule has 1 aromatic heterocycles. The van der Waals surface area contributed by atoms with Crippen LogP contribution in [0.25, 0.3) is 0 Å². The molecule has 108 valence electrons. The molecule has 0 fully saturated rings. The number of aryl methyl sites for hydroxylation is 1. The molecule has 0 amide bonds. The zero-order valence-corrected chi connectivity index (χ0v) is 11.5. The van der Waals surface area contributed by atoms with Gasteiger partial charge in [-0.2, -0.15) is 10.1 Å². The van der Waals surface area contributed by atoms with Crippen LogP contribution in [0.5, 0.6) is 0 Å². The molecule has 0 saturated carbocycles. The van der Waals surface area contributed by atoms with E-state index in [1.165, 1.54) is 16.8 Å². The Morgan fingerprint density at radius 1 is 1.33 bits per heavy atom. The molecule has 1 aliphatic heterocycles. The van der Waals surface area contributed by atoms with Crippen LogP contribution in [-0.2, 0) is 4.79 Å². The van der Waals surface area contributed by atoms with E-state index in [1.807, 2.05) is 0 Å². The molecule has 1 atom stereocenters. The Hall–Kier alpha value is -2.70. The zero-order valence-electron chi connectivity index (χ0n) is 11.5. The summed E-state index contributed by atoms with van der Waals surface area (Å²) in [6.45, 7) is 3.40. The predicted molar refractivity (Wildman–Crippen MR) is 73.3 cm³/mol. The number of benzene rings is 1. The fourth-order valence-corrected chi connectivity index (χ4v) is 2.49. The molecule has 1 aliphatic rings. The molecule has 21 heavy (non-hydrogen) atoms. The van der Waals surface area contributed by atoms with Crippen molar-refractivity contribution < 1.29 is 14.3 Å². The fraction of sp³-hybridized carbons (Fsp3) is 0.214. The lowest BCUT2D eigenvalue weighted by Crippen LogP contribution is -2.28. The van der Waals surface area contributed by atoms with Crippen molar-refractivity contribution in [2.75, 3.05) is 5.32 Å². The maximum atomic E-state index is 13.1. The van der Waals surface area contributed by atoms with E-state index in [4.69, 9.17) is 0 Å². The molecule has 0 saturated heterocycles. The smallest absolute Gasteiger partial charge is 0.335 e. The largest absolute Gasteiger partial charge is 0.478 e. The minimum absolute atomic E-state index is 0.166. The second-order valence-corrected chi connectivity index (χ2v) is 4.85. The summed E-state index contributed by atoms with van der Waals surface area (Å²) in [6, 6.07) is 5.08. The number of hydrogen-bond acceptors (Lipinski definition) is 4. The highest BCUT2D eigenvalue weighted by molar-refractivity contribution is 5.90. The van der Waals surface area contributed by atoms with E-state index in [-0.39, 0.29) is 11.4 Å². The lowest BCUT2D eigenvalue weighted by Gasteiger charge is -2.27. The van der Waals surface area contributed by atoms with Crippen LogP contribution in [0.15, 0.2) is 35.5 Å². The number of rotatable bonds is 2. The Morgan fingerprint density at radius 3 is 2.62 bits per heavy atom. The summed E-state index contributed by atoms with van der Waals surface area (Å²) >= 11 is 0. The van der Waals surface area contributed by atoms with Crippen molar-refractivity contribution in [1.29, 1.82) is 0 Å². The van der Waals surface area contributed by atoms with Crippen molar-refractivity contribution >= 4 is 11.9 Å². The number of nitrogens with one attached hydrogen (secondary N) is 1. The van der Waals surface area contributed by atoms with Gasteiger partial charge in [0.05, 0.1) is 5.57 Å². The van der Waals surface area contributed by atoms with Crippen LogP contribution < -0.4 is 5.32 Å². The number of carboxylic acid groups (broad SMARTS) is 1. The molecular formula is C14H13FN4O2. The van der Waals surface area contributed by atoms with Crippen LogP contribution in [0.3, 0.4) is 0 Å². The van der Waals surface area contributed by atoms with Crippen molar-refractivity contribution in [3.8, 4) is 0 Å². The van der Waals surface area contributed by atoms with Crippen LogP contribution in [0.2, 0.25) is 0 Å². The topological polar surface area (TPSA) is 80.0 Å². The van der Waals surface area contributed by atoms with Gasteiger partial charge in [-0.15, -0.1) is 0 Å². The van der Waals surface area contributed by atoms with Gasteiger partial charge >= 0.3 is 5.97 Å². The van der Waals surface area contributed by atoms with Gasteiger partial charge in [-0.05, 0) is 31.5 Å². The molecule has 1 aromatic carbocycles. The maximum Gasteiger partial charge on any atom is 0.335 e. The Balaban J connectivity index is 2.21. The number of hydrogen-bond donors (Lipinski definition) is 2. The quantitative estimate of drug-likeness (QED) is 0.884. The Kier molecular flexibility index (Phi) is 2.97. The molecular weight excluding hydrogens is 275 g/mol. The number of fused-ring (bicyclic) bond motifs is 1. The lowest BCUT2D eigenvalue weighted by atomic mass is 9.96. The Bertz CT molecular complexity index is 749. The maximum absolute atomic E-state index is 13.1. The standard InChI is InChI=1S/C14H13FN4O2/c1-7-11(13(20)21)12(9-3-5-10(15)6-4-9)19-14(16-7)17-8(2)18-19/h3-6,12H,1-2H3,(H,20,21)(H,16,17,18)/t12-/m1/s1. The predicted octanol–water partition coefficient (Wildman–Crippen LogP) is 2.10. The average molecular weight is 288 g/mol. The van der Waals surface area contributed by atoms with Crippen LogP contribution in [-0.4, -0.2) is 25.8 Å². The second kappa shape index (κ2) is 4.69. The molecule has 0 radical (unpaired) electrons. The first kappa shape index (κ1) is 13.3. The van der Waals surface area contributed by atoms with Gasteiger partial charge in [0, 0.05) is 5.70 Å². The van der Waals surface area contributed by atoms with Crippen molar-refractivity contribution in [2.45, 2.75) is 19.9 Å². The summed E-state index contributed by atoms with van der Waals surface area (Å²) in [5, 5.41) is 16.7. The number of allylic oxidation sites excluding steroid dienone is 1. The monoisotopic (exact) mass is 288 g/mol. The third-order valence-electron chi connectivity index (χ3n) is 3.37. The van der Waals surface area contributed by atoms with Crippen LogP contribution in [0.4, 0.5) is 10.3 Å². The number of halogens is 1. The number of carboxylic acids is 1. The van der Waals surface area contributed by atoms with Crippen LogP contribution >= 0.6 is 0 Å². The summed E-state index contributed by atoms with van der Waals surface area (Å²) in [7, 11) is 0. The minimum atomic E-state index is -1.05. The zero-order chi connectivity index (χ0) is 15.1. The van der Waals surface area contributed by atoms with E-state index in [0.717, 1.165) is 0 Å². The summed E-state index contributed by atoms with van der Waals surface area (Å²) in [4.78, 5) is 15.8. The van der Waals surface area contributed by atoms with E-state index in [9.17, 15) is 14.3 Å². The lowest BCUT2D eigenvalue weighted by molar-refractivity contribution is -0.133. The van der Waals surface area contributed by atoms with E-state index < -0.39 is 12.0 Å². The summed E-state index contributed by atoms with van der Waals surface area (Å²) in [5.41, 5.74) is 1.30. The average Bonchev–Trinajstić information content (AvgIpc) is 2.77. The van der Waals surface area contributed by atoms with Gasteiger partial charge in [0.25, 0.3) is 0 Å². The van der Waals surface area contributed by atoms with Gasteiger partial charge in [-0.3, -0.25) is 0 Å². The van der Waals surface area contributed by atoms with Gasteiger partial charge in [0.15, 0.2) is 0 Å². The molecule has 0 bridgehead atoms. The SMILES string of the molecule is CC1=C(C(=O)O)[C@@H](c2ccc(F)cc2)n2nc(C)nc2N1. The summed E-state index contributed by atoms with van der Waals surface area (Å²) < 4.78 is 14.6. The molecule has 0 unspecified atom stereocenters. The van der Waals surface area contributed by atoms with Crippen molar-refractivity contribution in [2.24, 2.45) is 0 Å². The second-order valence-electron chi connectivity index (χ2n) is 4.85. The van der Waals surface area contributed by atoms with Crippen LogP contribution in [0.1, 0.15) is 24.4 Å². The van der Waals surface area contributed by atoms with Gasteiger partial charge in [-0.1, -0.05) is 12.1 Å². The number of nitrogens with zero attached hydrogens (tertiary/aromatic N) is 3. The van der Waals surface area contributed by atoms with Crippen LogP contribution in [0, 0.1) is 12.7 Å². The molecule has 7 heteroatoms. The van der Waals surface area contributed by atoms with Crippen molar-refractivity contribution in [3.05, 3.63) is 52.7 Å². The molecule has 3 rings (SSSR count). The summed E-state index contributed by atoms with van der Waals surface area (Å²) in [5.74, 6) is -0.415. The van der Waals surface area contributed by atoms with E-state index in [1.54, 1.807) is 26.0 Å². The van der Waals surface area contributed by atoms with Gasteiger partial charge < -0.3 is 10.4 Å². The van der Waals surface area contributed by atoms with Gasteiger partial charge in [-0.25, -0.2) is 13.9 Å². The Labute approximate surface area is 119 Å². The number of aliphatic carboxylic acids is 1. The van der Waals surface area contributed by atoms with E-state index in [2.05, 4.69) is 15.4 Å². The molecule has 0 aliphatic carbocycles. The number of anilines is 1. The van der Waals surface area contributed by atoms with Crippen molar-refractivity contribution in [1.82, 2.24) is 14.8 Å². The summed E-state index contributed by atoms with van der Waals surface area (Å²) in [6.07, 6.45) is 0. The molecule has 6 nitrogen and oxygen atoms in total. The van der Waals surface area contributed by atoms with Crippen molar-refractivity contribution in [3.63, 3.8) is 0 Å². The first-order valence-electron chi connectivity index (χ1n) is 6.37. The first-order valence-corrected chi connectivity index (χ1v) is 6.37. The third kappa shape index (κ3) is 2.16. The number of aromatic nitrogens is 3. The van der Waals surface area contributed by atoms with E-state index in [0.29, 0.717) is 23.0 Å². The highest BCUT2D eigenvalue weighted by Crippen LogP contribution is 2.34. The molecule has 2 N–H and O–H groups in total.